The molecule has 0 heterocycles. The third-order valence-electron chi connectivity index (χ3n) is 8.28. The Balaban J connectivity index is 1.39. The van der Waals surface area contributed by atoms with Gasteiger partial charge in [0.15, 0.2) is 0 Å². The Hall–Kier alpha value is -0.570. The molecule has 2 rings (SSSR count). The van der Waals surface area contributed by atoms with E-state index >= 15 is 0 Å². The smallest absolute Gasteiger partial charge is 0.223 e. The molecular weight excluding hydrogens is 380 g/mol. The lowest BCUT2D eigenvalue weighted by atomic mass is 9.91. The molecule has 1 amide bonds. The van der Waals surface area contributed by atoms with E-state index in [4.69, 9.17) is 0 Å². The zero-order chi connectivity index (χ0) is 22.4. The van der Waals surface area contributed by atoms with Gasteiger partial charge in [0, 0.05) is 18.9 Å². The first-order valence-corrected chi connectivity index (χ1v) is 14.1. The SMILES string of the molecule is CCCCCCCCCCCCCC[N+](C)(C)CCCNC(=O)C1CCC2CCCC21. The lowest BCUT2D eigenvalue weighted by Crippen LogP contribution is -2.43. The maximum atomic E-state index is 12.6. The minimum absolute atomic E-state index is 0.330. The van der Waals surface area contributed by atoms with Gasteiger partial charge in [0.2, 0.25) is 5.91 Å². The summed E-state index contributed by atoms with van der Waals surface area (Å²) in [6.07, 6.45) is 24.6. The molecule has 2 aliphatic rings. The Morgan fingerprint density at radius 1 is 0.742 bits per heavy atom. The molecule has 0 spiro atoms. The summed E-state index contributed by atoms with van der Waals surface area (Å²) in [6.45, 7) is 5.61. The summed E-state index contributed by atoms with van der Waals surface area (Å²) in [7, 11) is 4.72. The van der Waals surface area contributed by atoms with E-state index in [2.05, 4.69) is 26.3 Å². The number of hydrogen-bond donors (Lipinski definition) is 1. The van der Waals surface area contributed by atoms with Gasteiger partial charge in [-0.3, -0.25) is 4.79 Å². The second kappa shape index (κ2) is 15.3. The van der Waals surface area contributed by atoms with E-state index in [0.717, 1.165) is 29.8 Å². The molecule has 0 radical (unpaired) electrons. The normalized spacial score (nSPS) is 23.3. The number of nitrogens with one attached hydrogen (secondary N) is 1. The summed E-state index contributed by atoms with van der Waals surface area (Å²) >= 11 is 0. The Morgan fingerprint density at radius 3 is 1.97 bits per heavy atom. The van der Waals surface area contributed by atoms with Gasteiger partial charge in [-0.15, -0.1) is 0 Å². The molecule has 3 heteroatoms. The van der Waals surface area contributed by atoms with Crippen LogP contribution in [-0.2, 0) is 4.79 Å². The molecule has 3 unspecified atom stereocenters. The molecule has 1 N–H and O–H groups in total. The molecule has 2 fully saturated rings. The molecule has 2 aliphatic carbocycles. The first-order valence-electron chi connectivity index (χ1n) is 14.1. The summed E-state index contributed by atoms with van der Waals surface area (Å²) in [5, 5.41) is 3.28. The highest BCUT2D eigenvalue weighted by Gasteiger charge is 2.42. The molecule has 182 valence electrons. The van der Waals surface area contributed by atoms with E-state index in [-0.39, 0.29) is 0 Å². The summed E-state index contributed by atoms with van der Waals surface area (Å²) in [4.78, 5) is 12.6. The third-order valence-corrected chi connectivity index (χ3v) is 8.28. The lowest BCUT2D eigenvalue weighted by Gasteiger charge is -2.30. The minimum atomic E-state index is 0.330. The Labute approximate surface area is 194 Å². The second-order valence-corrected chi connectivity index (χ2v) is 11.5. The first kappa shape index (κ1) is 26.7. The monoisotopic (exact) mass is 435 g/mol. The number of rotatable bonds is 18. The average molecular weight is 436 g/mol. The van der Waals surface area contributed by atoms with Gasteiger partial charge in [0.1, 0.15) is 0 Å². The highest BCUT2D eigenvalue weighted by atomic mass is 16.1. The van der Waals surface area contributed by atoms with Crippen LogP contribution in [0.15, 0.2) is 0 Å². The number of quaternary nitrogens is 1. The Kier molecular flexibility index (Phi) is 13.2. The van der Waals surface area contributed by atoms with Crippen molar-refractivity contribution in [2.75, 3.05) is 33.7 Å². The number of amides is 1. The molecular formula is C28H55N2O+. The maximum absolute atomic E-state index is 12.6. The van der Waals surface area contributed by atoms with Crippen molar-refractivity contribution in [1.82, 2.24) is 5.32 Å². The molecule has 3 atom stereocenters. The lowest BCUT2D eigenvalue weighted by molar-refractivity contribution is -0.890. The molecule has 0 aliphatic heterocycles. The van der Waals surface area contributed by atoms with Crippen molar-refractivity contribution in [3.8, 4) is 0 Å². The van der Waals surface area contributed by atoms with Crippen LogP contribution in [-0.4, -0.2) is 44.1 Å². The van der Waals surface area contributed by atoms with E-state index < -0.39 is 0 Å². The first-order chi connectivity index (χ1) is 15.0. The van der Waals surface area contributed by atoms with Gasteiger partial charge in [-0.25, -0.2) is 0 Å². The molecule has 2 saturated carbocycles. The van der Waals surface area contributed by atoms with Crippen molar-refractivity contribution in [3.05, 3.63) is 0 Å². The van der Waals surface area contributed by atoms with Crippen LogP contribution in [0.5, 0.6) is 0 Å². The van der Waals surface area contributed by atoms with Crippen LogP contribution in [0.2, 0.25) is 0 Å². The molecule has 31 heavy (non-hydrogen) atoms. The summed E-state index contributed by atoms with van der Waals surface area (Å²) in [5.41, 5.74) is 0. The van der Waals surface area contributed by atoms with Crippen molar-refractivity contribution in [2.45, 2.75) is 122 Å². The van der Waals surface area contributed by atoms with Crippen LogP contribution < -0.4 is 5.32 Å². The van der Waals surface area contributed by atoms with Crippen molar-refractivity contribution >= 4 is 5.91 Å². The van der Waals surface area contributed by atoms with Crippen LogP contribution in [0.25, 0.3) is 0 Å². The number of fused-ring (bicyclic) bond motifs is 1. The van der Waals surface area contributed by atoms with Gasteiger partial charge in [-0.1, -0.05) is 84.0 Å². The third kappa shape index (κ3) is 10.7. The van der Waals surface area contributed by atoms with E-state index in [0.29, 0.717) is 17.7 Å². The Bertz CT molecular complexity index is 476. The zero-order valence-electron chi connectivity index (χ0n) is 21.4. The topological polar surface area (TPSA) is 29.1 Å². The van der Waals surface area contributed by atoms with Crippen LogP contribution in [0.4, 0.5) is 0 Å². The van der Waals surface area contributed by atoms with Crippen molar-refractivity contribution < 1.29 is 9.28 Å². The van der Waals surface area contributed by atoms with Crippen LogP contribution in [0, 0.1) is 17.8 Å². The van der Waals surface area contributed by atoms with Gasteiger partial charge in [0.05, 0.1) is 27.2 Å². The zero-order valence-corrected chi connectivity index (χ0v) is 21.4. The van der Waals surface area contributed by atoms with Crippen LogP contribution >= 0.6 is 0 Å². The Morgan fingerprint density at radius 2 is 1.32 bits per heavy atom. The molecule has 0 bridgehead atoms. The predicted octanol–water partition coefficient (Wildman–Crippen LogP) is 7.10. The maximum Gasteiger partial charge on any atom is 0.223 e. The van der Waals surface area contributed by atoms with Crippen LogP contribution in [0.1, 0.15) is 122 Å². The average Bonchev–Trinajstić information content (AvgIpc) is 3.36. The fourth-order valence-corrected chi connectivity index (χ4v) is 6.23. The molecule has 3 nitrogen and oxygen atoms in total. The van der Waals surface area contributed by atoms with Gasteiger partial charge < -0.3 is 9.80 Å². The fourth-order valence-electron chi connectivity index (χ4n) is 6.23. The second-order valence-electron chi connectivity index (χ2n) is 11.5. The minimum Gasteiger partial charge on any atom is -0.356 e. The number of carbonyl (C=O) groups excluding carboxylic acids is 1. The van der Waals surface area contributed by atoms with Gasteiger partial charge in [0.25, 0.3) is 0 Å². The predicted molar refractivity (Wildman–Crippen MR) is 134 cm³/mol. The van der Waals surface area contributed by atoms with E-state index in [1.165, 1.54) is 116 Å². The van der Waals surface area contributed by atoms with Crippen molar-refractivity contribution in [1.29, 1.82) is 0 Å². The summed E-state index contributed by atoms with van der Waals surface area (Å²) in [6, 6.07) is 0. The fraction of sp³-hybridized carbons (Fsp3) is 0.964. The highest BCUT2D eigenvalue weighted by molar-refractivity contribution is 5.79. The molecule has 0 aromatic carbocycles. The van der Waals surface area contributed by atoms with E-state index in [1.807, 2.05) is 0 Å². The van der Waals surface area contributed by atoms with E-state index in [1.54, 1.807) is 0 Å². The standard InChI is InChI=1S/C28H54N2O/c1-4-5-6-7-8-9-10-11-12-13-14-15-23-30(2,3)24-17-22-29-28(31)27-21-20-25-18-16-19-26(25)27/h25-27H,4-24H2,1-3H3/p+1. The number of nitrogens with zero attached hydrogens (tertiary/aromatic N) is 1. The van der Waals surface area contributed by atoms with Crippen molar-refractivity contribution in [3.63, 3.8) is 0 Å². The van der Waals surface area contributed by atoms with Crippen molar-refractivity contribution in [2.24, 2.45) is 17.8 Å². The molecule has 0 aromatic heterocycles. The number of hydrogen-bond acceptors (Lipinski definition) is 1. The summed E-state index contributed by atoms with van der Waals surface area (Å²) < 4.78 is 1.10. The van der Waals surface area contributed by atoms with E-state index in [9.17, 15) is 4.79 Å². The number of unbranched alkanes of at least 4 members (excludes halogenated alkanes) is 11. The number of carbonyl (C=O) groups is 1. The largest absolute Gasteiger partial charge is 0.356 e. The quantitative estimate of drug-likeness (QED) is 0.181. The van der Waals surface area contributed by atoms with Gasteiger partial charge >= 0.3 is 0 Å². The van der Waals surface area contributed by atoms with Gasteiger partial charge in [-0.05, 0) is 43.9 Å². The molecule has 0 aromatic rings. The van der Waals surface area contributed by atoms with Crippen LogP contribution in [0.3, 0.4) is 0 Å². The highest BCUT2D eigenvalue weighted by Crippen LogP contribution is 2.47. The van der Waals surface area contributed by atoms with Gasteiger partial charge in [-0.2, -0.15) is 0 Å². The summed E-state index contributed by atoms with van der Waals surface area (Å²) in [5.74, 6) is 2.26. The molecule has 0 saturated heterocycles.